The van der Waals surface area contributed by atoms with Crippen LogP contribution in [0, 0.1) is 0 Å². The van der Waals surface area contributed by atoms with Crippen LogP contribution in [0.25, 0.3) is 82.8 Å². The Morgan fingerprint density at radius 2 is 0.822 bits per heavy atom. The Labute approximate surface area is 426 Å². The average molecular weight is 929 g/mol. The van der Waals surface area contributed by atoms with Gasteiger partial charge in [0.1, 0.15) is 0 Å². The Balaban J connectivity index is 0.940. The number of aromatic nitrogens is 1. The number of para-hydroxylation sites is 2. The van der Waals surface area contributed by atoms with Gasteiger partial charge in [-0.15, -0.1) is 0 Å². The van der Waals surface area contributed by atoms with Crippen LogP contribution in [0.4, 0.5) is 17.1 Å². The monoisotopic (exact) mass is 928 g/mol. The van der Waals surface area contributed by atoms with Gasteiger partial charge < -0.3 is 9.47 Å². The second-order valence-electron chi connectivity index (χ2n) is 19.2. The zero-order valence-electron chi connectivity index (χ0n) is 40.1. The summed E-state index contributed by atoms with van der Waals surface area (Å²) in [6, 6.07) is 107. The van der Waals surface area contributed by atoms with Crippen molar-refractivity contribution in [2.24, 2.45) is 0 Å². The molecule has 0 spiro atoms. The third kappa shape index (κ3) is 6.87. The largest absolute Gasteiger partial charge is 0.309 e. The molecule has 0 bridgehead atoms. The molecule has 0 radical (unpaired) electrons. The Kier molecular flexibility index (Phi) is 10.1. The average Bonchev–Trinajstić information content (AvgIpc) is 3.97. The molecule has 1 aromatic heterocycles. The fourth-order valence-corrected chi connectivity index (χ4v) is 12.0. The lowest BCUT2D eigenvalue weighted by Crippen LogP contribution is -2.28. The molecule has 0 amide bonds. The molecule has 0 N–H and O–H groups in total. The van der Waals surface area contributed by atoms with E-state index in [1.54, 1.807) is 0 Å². The van der Waals surface area contributed by atoms with Gasteiger partial charge in [0, 0.05) is 33.1 Å². The SMILES string of the molecule is c1ccc(-c2ccc(-n3c4ccccc4c4ccc(-c5cccc(-c6ccccc6N(c6ccc7c(c6)C(c6ccccc6)(c6ccccc6)c6ccccc6-7)c6cccc7ccccc67)c5)cc43)cc2)cc1. The van der Waals surface area contributed by atoms with Crippen LogP contribution in [0.15, 0.2) is 291 Å². The summed E-state index contributed by atoms with van der Waals surface area (Å²) in [6.07, 6.45) is 0. The summed E-state index contributed by atoms with van der Waals surface area (Å²) >= 11 is 0. The van der Waals surface area contributed by atoms with Crippen LogP contribution in [0.5, 0.6) is 0 Å². The molecule has 0 atom stereocenters. The molecule has 12 aromatic carbocycles. The van der Waals surface area contributed by atoms with Gasteiger partial charge in [-0.1, -0.05) is 237 Å². The Morgan fingerprint density at radius 1 is 0.288 bits per heavy atom. The first-order valence-corrected chi connectivity index (χ1v) is 25.2. The van der Waals surface area contributed by atoms with Gasteiger partial charge in [0.15, 0.2) is 0 Å². The van der Waals surface area contributed by atoms with Crippen LogP contribution >= 0.6 is 0 Å². The predicted molar refractivity (Wildman–Crippen MR) is 307 cm³/mol. The zero-order chi connectivity index (χ0) is 48.3. The van der Waals surface area contributed by atoms with E-state index in [0.29, 0.717) is 0 Å². The minimum atomic E-state index is -0.541. The van der Waals surface area contributed by atoms with E-state index in [0.717, 1.165) is 39.4 Å². The first-order valence-electron chi connectivity index (χ1n) is 25.2. The van der Waals surface area contributed by atoms with Gasteiger partial charge in [-0.2, -0.15) is 0 Å². The van der Waals surface area contributed by atoms with E-state index in [1.165, 1.54) is 82.6 Å². The summed E-state index contributed by atoms with van der Waals surface area (Å²) in [5.74, 6) is 0. The lowest BCUT2D eigenvalue weighted by molar-refractivity contribution is 0.768. The molecule has 1 heterocycles. The number of benzene rings is 12. The topological polar surface area (TPSA) is 8.17 Å². The van der Waals surface area contributed by atoms with Gasteiger partial charge in [0.05, 0.1) is 27.8 Å². The molecule has 342 valence electrons. The van der Waals surface area contributed by atoms with Crippen molar-refractivity contribution < 1.29 is 0 Å². The number of hydrogen-bond donors (Lipinski definition) is 0. The number of fused-ring (bicyclic) bond motifs is 7. The van der Waals surface area contributed by atoms with Gasteiger partial charge in [-0.25, -0.2) is 0 Å². The molecule has 73 heavy (non-hydrogen) atoms. The maximum atomic E-state index is 2.50. The van der Waals surface area contributed by atoms with Crippen LogP contribution in [-0.2, 0) is 5.41 Å². The van der Waals surface area contributed by atoms with Crippen molar-refractivity contribution >= 4 is 49.6 Å². The third-order valence-corrected chi connectivity index (χ3v) is 15.3. The van der Waals surface area contributed by atoms with E-state index >= 15 is 0 Å². The van der Waals surface area contributed by atoms with E-state index in [1.807, 2.05) is 0 Å². The normalized spacial score (nSPS) is 12.5. The fourth-order valence-electron chi connectivity index (χ4n) is 12.0. The van der Waals surface area contributed by atoms with E-state index in [2.05, 4.69) is 301 Å². The maximum absolute atomic E-state index is 2.50. The van der Waals surface area contributed by atoms with E-state index in [9.17, 15) is 0 Å². The number of nitrogens with zero attached hydrogens (tertiary/aromatic N) is 2. The minimum absolute atomic E-state index is 0.541. The number of hydrogen-bond acceptors (Lipinski definition) is 1. The van der Waals surface area contributed by atoms with Crippen molar-refractivity contribution in [3.8, 4) is 50.2 Å². The second-order valence-corrected chi connectivity index (χ2v) is 19.2. The van der Waals surface area contributed by atoms with Crippen LogP contribution < -0.4 is 4.90 Å². The zero-order valence-corrected chi connectivity index (χ0v) is 40.1. The standard InChI is InChI=1S/C71H48N2/c1-4-20-49(21-5-1)50-38-41-57(42-39-50)72-69-36-17-14-33-63(69)64-44-40-53(47-70(64)72)52-24-18-25-54(46-52)60-31-13-16-35-67(60)73(68-37-19-23-51-22-10-11-30-59(51)68)58-43-45-62-61-32-12-15-34-65(61)71(66(62)48-58,55-26-6-2-7-27-55)56-28-8-3-9-29-56/h1-48H. The van der Waals surface area contributed by atoms with Crippen LogP contribution in [0.1, 0.15) is 22.3 Å². The smallest absolute Gasteiger partial charge is 0.0714 e. The quantitative estimate of drug-likeness (QED) is 0.140. The van der Waals surface area contributed by atoms with Gasteiger partial charge in [-0.3, -0.25) is 0 Å². The fraction of sp³-hybridized carbons (Fsp3) is 0.0141. The molecule has 0 saturated carbocycles. The molecule has 1 aliphatic carbocycles. The van der Waals surface area contributed by atoms with Crippen LogP contribution in [0.2, 0.25) is 0 Å². The first-order chi connectivity index (χ1) is 36.2. The van der Waals surface area contributed by atoms with Gasteiger partial charge in [0.2, 0.25) is 0 Å². The minimum Gasteiger partial charge on any atom is -0.309 e. The highest BCUT2D eigenvalue weighted by atomic mass is 15.1. The van der Waals surface area contributed by atoms with Gasteiger partial charge in [-0.05, 0) is 121 Å². The molecule has 0 saturated heterocycles. The summed E-state index contributed by atoms with van der Waals surface area (Å²) in [6.45, 7) is 0. The van der Waals surface area contributed by atoms with Crippen molar-refractivity contribution in [3.05, 3.63) is 313 Å². The first kappa shape index (κ1) is 42.4. The van der Waals surface area contributed by atoms with Crippen molar-refractivity contribution in [1.29, 1.82) is 0 Å². The molecule has 0 aliphatic heterocycles. The highest BCUT2D eigenvalue weighted by molar-refractivity contribution is 6.10. The Hall–Kier alpha value is -9.50. The lowest BCUT2D eigenvalue weighted by Gasteiger charge is -2.35. The number of rotatable bonds is 9. The van der Waals surface area contributed by atoms with Crippen molar-refractivity contribution in [2.45, 2.75) is 5.41 Å². The molecule has 13 aromatic rings. The lowest BCUT2D eigenvalue weighted by atomic mass is 9.67. The Bertz CT molecular complexity index is 4140. The van der Waals surface area contributed by atoms with Crippen molar-refractivity contribution in [1.82, 2.24) is 4.57 Å². The summed E-state index contributed by atoms with van der Waals surface area (Å²) in [7, 11) is 0. The van der Waals surface area contributed by atoms with Crippen molar-refractivity contribution in [3.63, 3.8) is 0 Å². The maximum Gasteiger partial charge on any atom is 0.0714 e. The predicted octanol–water partition coefficient (Wildman–Crippen LogP) is 18.8. The molecular weight excluding hydrogens is 881 g/mol. The molecule has 2 heteroatoms. The van der Waals surface area contributed by atoms with E-state index in [4.69, 9.17) is 0 Å². The summed E-state index contributed by atoms with van der Waals surface area (Å²) in [4.78, 5) is 2.50. The molecule has 1 aliphatic rings. The Morgan fingerprint density at radius 3 is 1.62 bits per heavy atom. The molecule has 14 rings (SSSR count). The van der Waals surface area contributed by atoms with Gasteiger partial charge in [0.25, 0.3) is 0 Å². The van der Waals surface area contributed by atoms with Crippen LogP contribution in [0.3, 0.4) is 0 Å². The highest BCUT2D eigenvalue weighted by Gasteiger charge is 2.46. The molecule has 2 nitrogen and oxygen atoms in total. The number of anilines is 3. The second kappa shape index (κ2) is 17.4. The van der Waals surface area contributed by atoms with Gasteiger partial charge >= 0.3 is 0 Å². The summed E-state index contributed by atoms with van der Waals surface area (Å²) < 4.78 is 2.42. The van der Waals surface area contributed by atoms with E-state index in [-0.39, 0.29) is 0 Å². The molecule has 0 unspecified atom stereocenters. The van der Waals surface area contributed by atoms with Crippen molar-refractivity contribution in [2.75, 3.05) is 4.90 Å². The third-order valence-electron chi connectivity index (χ3n) is 15.3. The highest BCUT2D eigenvalue weighted by Crippen LogP contribution is 2.58. The summed E-state index contributed by atoms with van der Waals surface area (Å²) in [5.41, 5.74) is 20.9. The molecule has 0 fully saturated rings. The van der Waals surface area contributed by atoms with E-state index < -0.39 is 5.41 Å². The summed E-state index contributed by atoms with van der Waals surface area (Å²) in [5, 5.41) is 4.86. The molecular formula is C71H48N2. The van der Waals surface area contributed by atoms with Crippen LogP contribution in [-0.4, -0.2) is 4.57 Å².